The Morgan fingerprint density at radius 2 is 1.79 bits per heavy atom. The number of carbonyl (C=O) groups is 1. The van der Waals surface area contributed by atoms with Crippen molar-refractivity contribution in [1.82, 2.24) is 19.6 Å². The van der Waals surface area contributed by atoms with E-state index in [4.69, 9.17) is 11.6 Å². The molecule has 2 fully saturated rings. The molecule has 1 aromatic heterocycles. The summed E-state index contributed by atoms with van der Waals surface area (Å²) in [7, 11) is 0. The summed E-state index contributed by atoms with van der Waals surface area (Å²) in [4.78, 5) is 17.8. The molecule has 6 nitrogen and oxygen atoms in total. The van der Waals surface area contributed by atoms with E-state index in [0.717, 1.165) is 73.3 Å². The average molecular weight is 478 g/mol. The van der Waals surface area contributed by atoms with Crippen LogP contribution in [0.4, 0.5) is 5.69 Å². The lowest BCUT2D eigenvalue weighted by atomic mass is 10.0. The molecule has 178 valence electrons. The molecule has 7 heteroatoms. The lowest BCUT2D eigenvalue weighted by molar-refractivity contribution is 0.0773. The SMILES string of the molecule is Cc1ccc(NCCCN2CC3CN(C(=O)c4cnn(-c5ccccc5)c4C)CC3C2)cc1Cl. The number of halogens is 1. The van der Waals surface area contributed by atoms with E-state index in [1.807, 2.05) is 65.9 Å². The number of nitrogens with one attached hydrogen (secondary N) is 1. The molecule has 1 amide bonds. The van der Waals surface area contributed by atoms with Crippen molar-refractivity contribution in [3.05, 3.63) is 76.6 Å². The summed E-state index contributed by atoms with van der Waals surface area (Å²) in [6, 6.07) is 16.1. The predicted octanol–water partition coefficient (Wildman–Crippen LogP) is 4.65. The third kappa shape index (κ3) is 4.70. The number of amides is 1. The zero-order chi connectivity index (χ0) is 23.7. The van der Waals surface area contributed by atoms with E-state index >= 15 is 0 Å². The molecular weight excluding hydrogens is 446 g/mol. The first-order valence-corrected chi connectivity index (χ1v) is 12.5. The summed E-state index contributed by atoms with van der Waals surface area (Å²) in [6.45, 7) is 9.84. The van der Waals surface area contributed by atoms with Crippen LogP contribution in [0.5, 0.6) is 0 Å². The Morgan fingerprint density at radius 3 is 2.50 bits per heavy atom. The predicted molar refractivity (Wildman–Crippen MR) is 137 cm³/mol. The molecule has 0 spiro atoms. The molecule has 0 saturated carbocycles. The maximum absolute atomic E-state index is 13.3. The molecule has 3 heterocycles. The van der Waals surface area contributed by atoms with Crippen LogP contribution in [0.3, 0.4) is 0 Å². The van der Waals surface area contributed by atoms with Gasteiger partial charge in [0.25, 0.3) is 5.91 Å². The summed E-state index contributed by atoms with van der Waals surface area (Å²) >= 11 is 6.21. The molecule has 5 rings (SSSR count). The second-order valence-corrected chi connectivity index (χ2v) is 10.0. The van der Waals surface area contributed by atoms with E-state index in [1.54, 1.807) is 6.20 Å². The number of carbonyl (C=O) groups excluding carboxylic acids is 1. The lowest BCUT2D eigenvalue weighted by Crippen LogP contribution is -2.34. The molecule has 2 aliphatic heterocycles. The van der Waals surface area contributed by atoms with Gasteiger partial charge in [-0.15, -0.1) is 0 Å². The third-order valence-electron chi connectivity index (χ3n) is 7.24. The van der Waals surface area contributed by atoms with Crippen LogP contribution in [0.25, 0.3) is 5.69 Å². The fourth-order valence-corrected chi connectivity index (χ4v) is 5.48. The van der Waals surface area contributed by atoms with Gasteiger partial charge in [-0.05, 0) is 68.5 Å². The summed E-state index contributed by atoms with van der Waals surface area (Å²) in [5.41, 5.74) is 4.77. The number of hydrogen-bond donors (Lipinski definition) is 1. The number of hydrogen-bond acceptors (Lipinski definition) is 4. The van der Waals surface area contributed by atoms with Gasteiger partial charge in [0.1, 0.15) is 0 Å². The molecule has 3 aromatic rings. The number of nitrogens with zero attached hydrogens (tertiary/aromatic N) is 4. The highest BCUT2D eigenvalue weighted by molar-refractivity contribution is 6.31. The van der Waals surface area contributed by atoms with Gasteiger partial charge in [-0.1, -0.05) is 35.9 Å². The normalized spacial score (nSPS) is 20.0. The number of benzene rings is 2. The number of aryl methyl sites for hydroxylation is 1. The van der Waals surface area contributed by atoms with Crippen molar-refractivity contribution in [2.24, 2.45) is 11.8 Å². The van der Waals surface area contributed by atoms with Gasteiger partial charge in [0.2, 0.25) is 0 Å². The zero-order valence-corrected chi connectivity index (χ0v) is 20.6. The van der Waals surface area contributed by atoms with Gasteiger partial charge < -0.3 is 15.1 Å². The van der Waals surface area contributed by atoms with Gasteiger partial charge >= 0.3 is 0 Å². The topological polar surface area (TPSA) is 53.4 Å². The minimum atomic E-state index is 0.113. The Hall–Kier alpha value is -2.83. The summed E-state index contributed by atoms with van der Waals surface area (Å²) in [5.74, 6) is 1.25. The van der Waals surface area contributed by atoms with Crippen LogP contribution >= 0.6 is 11.6 Å². The van der Waals surface area contributed by atoms with Crippen molar-refractivity contribution in [1.29, 1.82) is 0 Å². The molecule has 2 unspecified atom stereocenters. The quantitative estimate of drug-likeness (QED) is 0.503. The number of rotatable bonds is 7. The van der Waals surface area contributed by atoms with Crippen molar-refractivity contribution >= 4 is 23.2 Å². The van der Waals surface area contributed by atoms with Crippen molar-refractivity contribution in [2.75, 3.05) is 44.6 Å². The zero-order valence-electron chi connectivity index (χ0n) is 19.9. The van der Waals surface area contributed by atoms with E-state index in [1.165, 1.54) is 0 Å². The first-order valence-electron chi connectivity index (χ1n) is 12.1. The minimum absolute atomic E-state index is 0.113. The van der Waals surface area contributed by atoms with Gasteiger partial charge in [0.15, 0.2) is 0 Å². The standard InChI is InChI=1S/C27H32ClN5O/c1-19-9-10-23(13-26(19)28)29-11-6-12-31-15-21-17-32(18-22(21)16-31)27(34)25-14-30-33(20(25)2)24-7-4-3-5-8-24/h3-5,7-10,13-14,21-22,29H,6,11-12,15-18H2,1-2H3. The highest BCUT2D eigenvalue weighted by Gasteiger charge is 2.41. The maximum atomic E-state index is 13.3. The Morgan fingerprint density at radius 1 is 1.06 bits per heavy atom. The second kappa shape index (κ2) is 9.80. The summed E-state index contributed by atoms with van der Waals surface area (Å²) < 4.78 is 1.85. The molecule has 34 heavy (non-hydrogen) atoms. The molecule has 2 saturated heterocycles. The summed E-state index contributed by atoms with van der Waals surface area (Å²) in [5, 5.41) is 8.76. The van der Waals surface area contributed by atoms with Crippen molar-refractivity contribution in [3.63, 3.8) is 0 Å². The first kappa shape index (κ1) is 22.9. The maximum Gasteiger partial charge on any atom is 0.257 e. The molecule has 0 radical (unpaired) electrons. The molecule has 1 N–H and O–H groups in total. The lowest BCUT2D eigenvalue weighted by Gasteiger charge is -2.21. The number of para-hydroxylation sites is 1. The van der Waals surface area contributed by atoms with E-state index < -0.39 is 0 Å². The first-order chi connectivity index (χ1) is 16.5. The third-order valence-corrected chi connectivity index (χ3v) is 7.65. The van der Waals surface area contributed by atoms with Gasteiger partial charge in [0, 0.05) is 43.4 Å². The van der Waals surface area contributed by atoms with E-state index in [-0.39, 0.29) is 5.91 Å². The number of fused-ring (bicyclic) bond motifs is 1. The van der Waals surface area contributed by atoms with E-state index in [9.17, 15) is 4.79 Å². The Labute approximate surface area is 206 Å². The highest BCUT2D eigenvalue weighted by Crippen LogP contribution is 2.32. The molecular formula is C27H32ClN5O. The van der Waals surface area contributed by atoms with Crippen LogP contribution in [0, 0.1) is 25.7 Å². The molecule has 0 aliphatic carbocycles. The Kier molecular flexibility index (Phi) is 6.61. The fourth-order valence-electron chi connectivity index (χ4n) is 5.30. The monoisotopic (exact) mass is 477 g/mol. The molecule has 2 aromatic carbocycles. The van der Waals surface area contributed by atoms with Crippen molar-refractivity contribution in [2.45, 2.75) is 20.3 Å². The number of likely N-dealkylation sites (tertiary alicyclic amines) is 2. The average Bonchev–Trinajstić information content (AvgIpc) is 3.52. The van der Waals surface area contributed by atoms with Gasteiger partial charge in [-0.2, -0.15) is 5.10 Å². The van der Waals surface area contributed by atoms with Crippen LogP contribution in [0.1, 0.15) is 28.0 Å². The van der Waals surface area contributed by atoms with Crippen molar-refractivity contribution in [3.8, 4) is 5.69 Å². The Bertz CT molecular complexity index is 1150. The van der Waals surface area contributed by atoms with Crippen LogP contribution in [0.2, 0.25) is 5.02 Å². The van der Waals surface area contributed by atoms with Crippen LogP contribution in [0.15, 0.2) is 54.7 Å². The molecule has 0 bridgehead atoms. The fraction of sp³-hybridized carbons (Fsp3) is 0.407. The highest BCUT2D eigenvalue weighted by atomic mass is 35.5. The van der Waals surface area contributed by atoms with Crippen LogP contribution in [-0.2, 0) is 0 Å². The number of anilines is 1. The molecule has 2 atom stereocenters. The van der Waals surface area contributed by atoms with E-state index in [2.05, 4.69) is 21.4 Å². The summed E-state index contributed by atoms with van der Waals surface area (Å²) in [6.07, 6.45) is 2.81. The largest absolute Gasteiger partial charge is 0.385 e. The van der Waals surface area contributed by atoms with E-state index in [0.29, 0.717) is 17.4 Å². The Balaban J connectivity index is 1.10. The van der Waals surface area contributed by atoms with Crippen LogP contribution in [-0.4, -0.2) is 64.8 Å². The minimum Gasteiger partial charge on any atom is -0.385 e. The number of aromatic nitrogens is 2. The van der Waals surface area contributed by atoms with Gasteiger partial charge in [0.05, 0.1) is 23.1 Å². The van der Waals surface area contributed by atoms with Crippen molar-refractivity contribution < 1.29 is 4.79 Å². The van der Waals surface area contributed by atoms with Gasteiger partial charge in [-0.3, -0.25) is 4.79 Å². The van der Waals surface area contributed by atoms with Gasteiger partial charge in [-0.25, -0.2) is 4.68 Å². The second-order valence-electron chi connectivity index (χ2n) is 9.63. The molecule has 2 aliphatic rings. The van der Waals surface area contributed by atoms with Crippen LogP contribution < -0.4 is 5.32 Å². The smallest absolute Gasteiger partial charge is 0.257 e.